The lowest BCUT2D eigenvalue weighted by Crippen LogP contribution is -2.35. The third kappa shape index (κ3) is 5.79. The number of aliphatic hydroxyl groups is 1. The van der Waals surface area contributed by atoms with Gasteiger partial charge in [-0.05, 0) is 33.3 Å². The first kappa shape index (κ1) is 20.5. The van der Waals surface area contributed by atoms with Crippen LogP contribution in [0.4, 0.5) is 10.5 Å². The smallest absolute Gasteiger partial charge is 0.408 e. The number of nitrogens with one attached hydrogen (secondary N) is 1. The Balaban J connectivity index is 3.29. The van der Waals surface area contributed by atoms with Gasteiger partial charge in [0.2, 0.25) is 0 Å². The molecule has 9 heteroatoms. The monoisotopic (exact) mass is 356 g/mol. The van der Waals surface area contributed by atoms with Crippen LogP contribution in [0, 0.1) is 10.1 Å². The summed E-state index contributed by atoms with van der Waals surface area (Å²) in [4.78, 5) is 22.9. The normalized spacial score (nSPS) is 12.2. The van der Waals surface area contributed by atoms with Gasteiger partial charge in [-0.2, -0.15) is 0 Å². The molecule has 1 atom stereocenters. The van der Waals surface area contributed by atoms with Gasteiger partial charge in [0.1, 0.15) is 5.60 Å². The van der Waals surface area contributed by atoms with E-state index in [0.29, 0.717) is 0 Å². The largest absolute Gasteiger partial charge is 0.493 e. The molecule has 0 aliphatic rings. The van der Waals surface area contributed by atoms with Crippen LogP contribution in [0.5, 0.6) is 11.5 Å². The number of hydrogen-bond donors (Lipinski definition) is 2. The Hall–Kier alpha value is -2.55. The van der Waals surface area contributed by atoms with E-state index in [1.54, 1.807) is 20.8 Å². The number of aliphatic hydroxyl groups excluding tert-OH is 1. The van der Waals surface area contributed by atoms with E-state index in [4.69, 9.17) is 14.2 Å². The topological polar surface area (TPSA) is 120 Å². The molecule has 0 fully saturated rings. The predicted molar refractivity (Wildman–Crippen MR) is 90.0 cm³/mol. The van der Waals surface area contributed by atoms with Crippen molar-refractivity contribution in [3.05, 3.63) is 27.8 Å². The fourth-order valence-corrected chi connectivity index (χ4v) is 2.21. The van der Waals surface area contributed by atoms with Gasteiger partial charge in [-0.3, -0.25) is 10.1 Å². The summed E-state index contributed by atoms with van der Waals surface area (Å²) >= 11 is 0. The van der Waals surface area contributed by atoms with Gasteiger partial charge in [0.15, 0.2) is 11.5 Å². The highest BCUT2D eigenvalue weighted by molar-refractivity contribution is 5.69. The Kier molecular flexibility index (Phi) is 6.98. The predicted octanol–water partition coefficient (Wildman–Crippen LogP) is 2.56. The van der Waals surface area contributed by atoms with Gasteiger partial charge in [-0.15, -0.1) is 0 Å². The number of alkyl carbamates (subject to hydrolysis) is 1. The summed E-state index contributed by atoms with van der Waals surface area (Å²) in [5.41, 5.74) is -0.799. The molecule has 1 aromatic carbocycles. The van der Waals surface area contributed by atoms with Crippen molar-refractivity contribution in [2.45, 2.75) is 38.8 Å². The second-order valence-corrected chi connectivity index (χ2v) is 6.23. The summed E-state index contributed by atoms with van der Waals surface area (Å²) in [6.45, 7) is 4.82. The summed E-state index contributed by atoms with van der Waals surface area (Å²) in [6.07, 6.45) is -0.676. The Morgan fingerprint density at radius 1 is 1.28 bits per heavy atom. The molecule has 0 radical (unpaired) electrons. The number of hydrogen-bond acceptors (Lipinski definition) is 7. The van der Waals surface area contributed by atoms with Crippen LogP contribution in [-0.2, 0) is 4.74 Å². The molecule has 140 valence electrons. The number of ether oxygens (including phenoxy) is 3. The summed E-state index contributed by atoms with van der Waals surface area (Å²) in [5.74, 6) is 0.468. The van der Waals surface area contributed by atoms with Crippen molar-refractivity contribution >= 4 is 11.8 Å². The van der Waals surface area contributed by atoms with Crippen LogP contribution in [0.1, 0.15) is 38.8 Å². The van der Waals surface area contributed by atoms with E-state index >= 15 is 0 Å². The summed E-state index contributed by atoms with van der Waals surface area (Å²) in [6, 6.07) is 1.80. The van der Waals surface area contributed by atoms with Crippen LogP contribution in [-0.4, -0.2) is 42.6 Å². The molecule has 0 aliphatic carbocycles. The van der Waals surface area contributed by atoms with Crippen LogP contribution in [0.25, 0.3) is 0 Å². The molecule has 0 saturated heterocycles. The molecule has 1 amide bonds. The van der Waals surface area contributed by atoms with Crippen molar-refractivity contribution in [3.8, 4) is 11.5 Å². The Morgan fingerprint density at radius 2 is 1.84 bits per heavy atom. The van der Waals surface area contributed by atoms with E-state index in [9.17, 15) is 20.0 Å². The molecule has 0 bridgehead atoms. The van der Waals surface area contributed by atoms with Crippen LogP contribution in [0.3, 0.4) is 0 Å². The Bertz CT molecular complexity index is 626. The van der Waals surface area contributed by atoms with Gasteiger partial charge < -0.3 is 24.6 Å². The second kappa shape index (κ2) is 8.52. The molecule has 9 nitrogen and oxygen atoms in total. The van der Waals surface area contributed by atoms with E-state index in [1.807, 2.05) is 0 Å². The SMILES string of the molecule is COc1cc(C(CCO)NC(=O)OC(C)(C)C)c([N+](=O)[O-])cc1OC. The summed E-state index contributed by atoms with van der Waals surface area (Å²) in [5, 5.41) is 23.3. The van der Waals surface area contributed by atoms with Crippen LogP contribution in [0.15, 0.2) is 12.1 Å². The molecule has 0 aromatic heterocycles. The minimum absolute atomic E-state index is 0.0650. The molecule has 1 unspecified atom stereocenters. The summed E-state index contributed by atoms with van der Waals surface area (Å²) in [7, 11) is 2.77. The molecule has 1 rings (SSSR count). The number of methoxy groups -OCH3 is 2. The van der Waals surface area contributed by atoms with E-state index in [-0.39, 0.29) is 35.8 Å². The van der Waals surface area contributed by atoms with Crippen molar-refractivity contribution in [1.82, 2.24) is 5.32 Å². The van der Waals surface area contributed by atoms with Crippen molar-refractivity contribution in [2.24, 2.45) is 0 Å². The zero-order valence-corrected chi connectivity index (χ0v) is 15.0. The van der Waals surface area contributed by atoms with Gasteiger partial charge in [0.25, 0.3) is 5.69 Å². The average Bonchev–Trinajstić information content (AvgIpc) is 2.51. The van der Waals surface area contributed by atoms with E-state index in [0.717, 1.165) is 0 Å². The number of nitro benzene ring substituents is 1. The van der Waals surface area contributed by atoms with Gasteiger partial charge >= 0.3 is 6.09 Å². The van der Waals surface area contributed by atoms with Crippen LogP contribution in [0.2, 0.25) is 0 Å². The molecular weight excluding hydrogens is 332 g/mol. The lowest BCUT2D eigenvalue weighted by atomic mass is 10.0. The molecule has 1 aromatic rings. The molecule has 2 N–H and O–H groups in total. The molecule has 25 heavy (non-hydrogen) atoms. The number of nitro groups is 1. The van der Waals surface area contributed by atoms with Crippen molar-refractivity contribution in [2.75, 3.05) is 20.8 Å². The highest BCUT2D eigenvalue weighted by atomic mass is 16.6. The Labute approximate surface area is 146 Å². The first-order valence-corrected chi connectivity index (χ1v) is 7.63. The number of benzene rings is 1. The molecule has 0 spiro atoms. The number of rotatable bonds is 7. The average molecular weight is 356 g/mol. The highest BCUT2D eigenvalue weighted by Crippen LogP contribution is 2.38. The number of carbonyl (C=O) groups excluding carboxylic acids is 1. The van der Waals surface area contributed by atoms with Crippen molar-refractivity contribution < 1.29 is 29.0 Å². The van der Waals surface area contributed by atoms with E-state index < -0.39 is 22.7 Å². The lowest BCUT2D eigenvalue weighted by molar-refractivity contribution is -0.385. The molecule has 0 heterocycles. The fraction of sp³-hybridized carbons (Fsp3) is 0.562. The number of nitrogens with zero attached hydrogens (tertiary/aromatic N) is 1. The zero-order valence-electron chi connectivity index (χ0n) is 15.0. The van der Waals surface area contributed by atoms with E-state index in [1.165, 1.54) is 26.4 Å². The first-order chi connectivity index (χ1) is 11.6. The number of amides is 1. The second-order valence-electron chi connectivity index (χ2n) is 6.23. The quantitative estimate of drug-likeness (QED) is 0.569. The summed E-state index contributed by atoms with van der Waals surface area (Å²) < 4.78 is 15.4. The maximum absolute atomic E-state index is 12.0. The van der Waals surface area contributed by atoms with Gasteiger partial charge in [0, 0.05) is 6.61 Å². The molecule has 0 saturated carbocycles. The van der Waals surface area contributed by atoms with E-state index in [2.05, 4.69) is 5.32 Å². The zero-order chi connectivity index (χ0) is 19.2. The van der Waals surface area contributed by atoms with Gasteiger partial charge in [-0.1, -0.05) is 0 Å². The Morgan fingerprint density at radius 3 is 2.28 bits per heavy atom. The number of carbonyl (C=O) groups is 1. The maximum Gasteiger partial charge on any atom is 0.408 e. The van der Waals surface area contributed by atoms with Crippen LogP contribution < -0.4 is 14.8 Å². The maximum atomic E-state index is 12.0. The third-order valence-corrected chi connectivity index (χ3v) is 3.21. The first-order valence-electron chi connectivity index (χ1n) is 7.63. The lowest BCUT2D eigenvalue weighted by Gasteiger charge is -2.24. The van der Waals surface area contributed by atoms with Gasteiger partial charge in [-0.25, -0.2) is 4.79 Å². The van der Waals surface area contributed by atoms with Crippen LogP contribution >= 0.6 is 0 Å². The molecular formula is C16H24N2O7. The third-order valence-electron chi connectivity index (χ3n) is 3.21. The fourth-order valence-electron chi connectivity index (χ4n) is 2.21. The molecule has 0 aliphatic heterocycles. The van der Waals surface area contributed by atoms with Crippen molar-refractivity contribution in [3.63, 3.8) is 0 Å². The van der Waals surface area contributed by atoms with Gasteiger partial charge in [0.05, 0.1) is 36.8 Å². The standard InChI is InChI=1S/C16H24N2O7/c1-16(2,3)25-15(20)17-11(6-7-19)10-8-13(23-4)14(24-5)9-12(10)18(21)22/h8-9,11,19H,6-7H2,1-5H3,(H,17,20). The highest BCUT2D eigenvalue weighted by Gasteiger charge is 2.28. The van der Waals surface area contributed by atoms with Crippen molar-refractivity contribution in [1.29, 1.82) is 0 Å². The minimum atomic E-state index is -0.833. The minimum Gasteiger partial charge on any atom is -0.493 e.